The van der Waals surface area contributed by atoms with Gasteiger partial charge in [0, 0.05) is 76.6 Å². The van der Waals surface area contributed by atoms with Crippen LogP contribution in [0.3, 0.4) is 0 Å². The maximum Gasteiger partial charge on any atom is 0.251 e. The van der Waals surface area contributed by atoms with Crippen molar-refractivity contribution < 1.29 is 38.4 Å². The number of likely N-dealkylation sites (N-methyl/N-ethyl adjacent to an activating group) is 2. The molecule has 20 heteroatoms. The molecule has 4 aliphatic rings. The minimum atomic E-state index is -0.668. The van der Waals surface area contributed by atoms with Crippen LogP contribution in [0.5, 0.6) is 0 Å². The highest BCUT2D eigenvalue weighted by molar-refractivity contribution is 5.98. The standard InChI is InChI=1S/C68H94N12O8/c1-47(69-3)63(83)75-61(53-21-13-7-14-22-53)67(87)79-39-35-71-41-57(79)45-77(37-33-49-17-9-5-10-18-49)59(81)43-73-65(85)55-29-25-51(26-30-55)52-27-31-56(32-28-52)66(86)74-44-60(82)78(38-34-50-19-11-6-12-20-50)46-58-42-72-36-40-80(58)68(88)62(54-23-15-8-16-24-54)76-64(84)48(2)70-4/h5-6,9-12,17-20,25-32,47-48,53-54,57-58,61-62,69-72H,7-8,13-16,21-24,33-46H2,1-4H3,(H,73,85)(H,74,86)(H,75,83)(H,76,84)/t47-,48-,57-,58+,61-,62-/m0/s1. The Bertz CT molecular complexity index is 2730. The Hall–Kier alpha value is -7.52. The van der Waals surface area contributed by atoms with Gasteiger partial charge in [-0.1, -0.05) is 123 Å². The van der Waals surface area contributed by atoms with Crippen LogP contribution < -0.4 is 42.5 Å². The third kappa shape index (κ3) is 18.8. The molecular weight excluding hydrogens is 1110 g/mol. The molecule has 6 atom stereocenters. The Morgan fingerprint density at radius 2 is 0.864 bits per heavy atom. The van der Waals surface area contributed by atoms with Gasteiger partial charge in [0.1, 0.15) is 12.1 Å². The van der Waals surface area contributed by atoms with Gasteiger partial charge in [-0.05, 0) is 125 Å². The number of piperazine rings is 2. The van der Waals surface area contributed by atoms with Crippen molar-refractivity contribution in [2.24, 2.45) is 11.8 Å². The molecule has 474 valence electrons. The second kappa shape index (κ2) is 33.7. The zero-order valence-electron chi connectivity index (χ0n) is 52.0. The quantitative estimate of drug-likeness (QED) is 0.0424. The molecule has 0 spiro atoms. The molecule has 4 fully saturated rings. The first-order valence-electron chi connectivity index (χ1n) is 32.1. The van der Waals surface area contributed by atoms with Gasteiger partial charge < -0.3 is 62.1 Å². The molecule has 8 N–H and O–H groups in total. The molecule has 20 nitrogen and oxygen atoms in total. The van der Waals surface area contributed by atoms with Crippen molar-refractivity contribution in [3.05, 3.63) is 131 Å². The summed E-state index contributed by atoms with van der Waals surface area (Å²) in [6.07, 6.45) is 10.8. The van der Waals surface area contributed by atoms with Crippen molar-refractivity contribution in [1.82, 2.24) is 62.1 Å². The predicted molar refractivity (Wildman–Crippen MR) is 341 cm³/mol. The van der Waals surface area contributed by atoms with Crippen molar-refractivity contribution in [3.8, 4) is 11.1 Å². The zero-order chi connectivity index (χ0) is 62.4. The molecule has 0 bridgehead atoms. The van der Waals surface area contributed by atoms with E-state index >= 15 is 0 Å². The Morgan fingerprint density at radius 1 is 0.500 bits per heavy atom. The lowest BCUT2D eigenvalue weighted by atomic mass is 9.83. The minimum absolute atomic E-state index is 0.0234. The van der Waals surface area contributed by atoms with E-state index in [1.54, 1.807) is 86.3 Å². The molecule has 4 aromatic carbocycles. The van der Waals surface area contributed by atoms with E-state index in [1.165, 1.54) is 0 Å². The number of carbonyl (C=O) groups is 8. The Kier molecular flexibility index (Phi) is 25.5. The number of nitrogens with one attached hydrogen (secondary N) is 8. The van der Waals surface area contributed by atoms with Crippen LogP contribution in [-0.2, 0) is 41.6 Å². The van der Waals surface area contributed by atoms with Crippen LogP contribution in [0.1, 0.15) is 110 Å². The minimum Gasteiger partial charge on any atom is -0.343 e. The summed E-state index contributed by atoms with van der Waals surface area (Å²) in [5.74, 6) is -2.06. The summed E-state index contributed by atoms with van der Waals surface area (Å²) in [7, 11) is 3.44. The van der Waals surface area contributed by atoms with Crippen LogP contribution in [0, 0.1) is 11.8 Å². The first kappa shape index (κ1) is 66.4. The number of rotatable bonds is 27. The molecule has 8 amide bonds. The number of benzene rings is 4. The summed E-state index contributed by atoms with van der Waals surface area (Å²) in [4.78, 5) is 119. The molecule has 8 rings (SSSR count). The van der Waals surface area contributed by atoms with Crippen LogP contribution in [-0.4, -0.2) is 196 Å². The second-order valence-corrected chi connectivity index (χ2v) is 24.2. The third-order valence-corrected chi connectivity index (χ3v) is 18.3. The molecule has 2 aliphatic heterocycles. The average Bonchev–Trinajstić information content (AvgIpc) is 2.18. The number of amides is 8. The first-order valence-corrected chi connectivity index (χ1v) is 32.1. The van der Waals surface area contributed by atoms with E-state index in [4.69, 9.17) is 0 Å². The fourth-order valence-electron chi connectivity index (χ4n) is 12.6. The normalized spacial score (nSPS) is 18.8. The van der Waals surface area contributed by atoms with Crippen LogP contribution in [0.15, 0.2) is 109 Å². The molecule has 2 aliphatic carbocycles. The summed E-state index contributed by atoms with van der Waals surface area (Å²) in [6.45, 7) is 7.23. The topological polar surface area (TPSA) is 246 Å². The van der Waals surface area contributed by atoms with E-state index in [1.807, 2.05) is 70.5 Å². The van der Waals surface area contributed by atoms with Crippen molar-refractivity contribution in [1.29, 1.82) is 0 Å². The first-order chi connectivity index (χ1) is 42.7. The molecule has 0 unspecified atom stereocenters. The van der Waals surface area contributed by atoms with Crippen molar-refractivity contribution in [2.45, 2.75) is 127 Å². The molecule has 2 heterocycles. The van der Waals surface area contributed by atoms with Crippen LogP contribution in [0.2, 0.25) is 0 Å². The lowest BCUT2D eigenvalue weighted by molar-refractivity contribution is -0.143. The summed E-state index contributed by atoms with van der Waals surface area (Å²) in [6, 6.07) is 30.7. The monoisotopic (exact) mass is 1210 g/mol. The van der Waals surface area contributed by atoms with E-state index < -0.39 is 36.0 Å². The van der Waals surface area contributed by atoms with Gasteiger partial charge in [0.15, 0.2) is 0 Å². The molecule has 88 heavy (non-hydrogen) atoms. The highest BCUT2D eigenvalue weighted by atomic mass is 16.2. The smallest absolute Gasteiger partial charge is 0.251 e. The molecule has 2 saturated carbocycles. The van der Waals surface area contributed by atoms with Gasteiger partial charge in [-0.3, -0.25) is 38.4 Å². The van der Waals surface area contributed by atoms with Gasteiger partial charge in [-0.2, -0.15) is 0 Å². The summed E-state index contributed by atoms with van der Waals surface area (Å²) in [5.41, 5.74) is 4.40. The lowest BCUT2D eigenvalue weighted by Crippen LogP contribution is -2.64. The van der Waals surface area contributed by atoms with Gasteiger partial charge in [0.25, 0.3) is 11.8 Å². The number of carbonyl (C=O) groups excluding carboxylic acids is 8. The molecule has 0 radical (unpaired) electrons. The van der Waals surface area contributed by atoms with Crippen molar-refractivity contribution in [3.63, 3.8) is 0 Å². The molecule has 0 aromatic heterocycles. The number of hydrogen-bond donors (Lipinski definition) is 8. The zero-order valence-corrected chi connectivity index (χ0v) is 52.0. The maximum absolute atomic E-state index is 14.6. The van der Waals surface area contributed by atoms with Gasteiger partial charge in [0.2, 0.25) is 35.4 Å². The Morgan fingerprint density at radius 3 is 1.22 bits per heavy atom. The van der Waals surface area contributed by atoms with Crippen LogP contribution >= 0.6 is 0 Å². The van der Waals surface area contributed by atoms with Crippen molar-refractivity contribution >= 4 is 47.3 Å². The predicted octanol–water partition coefficient (Wildman–Crippen LogP) is 3.90. The van der Waals surface area contributed by atoms with Gasteiger partial charge in [-0.25, -0.2) is 0 Å². The fourth-order valence-corrected chi connectivity index (χ4v) is 12.6. The van der Waals surface area contributed by atoms with Gasteiger partial charge in [-0.15, -0.1) is 0 Å². The van der Waals surface area contributed by atoms with Crippen LogP contribution in [0.25, 0.3) is 11.1 Å². The number of nitrogens with zero attached hydrogens (tertiary/aromatic N) is 4. The van der Waals surface area contributed by atoms with E-state index in [2.05, 4.69) is 42.5 Å². The highest BCUT2D eigenvalue weighted by Crippen LogP contribution is 2.30. The molecule has 4 aromatic rings. The van der Waals surface area contributed by atoms with Gasteiger partial charge >= 0.3 is 0 Å². The fraction of sp³-hybridized carbons (Fsp3) is 0.529. The average molecular weight is 1210 g/mol. The van der Waals surface area contributed by atoms with E-state index in [-0.39, 0.29) is 85.5 Å². The van der Waals surface area contributed by atoms with E-state index in [9.17, 15) is 38.4 Å². The van der Waals surface area contributed by atoms with E-state index in [0.29, 0.717) is 76.3 Å². The van der Waals surface area contributed by atoms with Crippen LogP contribution in [0.4, 0.5) is 0 Å². The summed E-state index contributed by atoms with van der Waals surface area (Å²) >= 11 is 0. The largest absolute Gasteiger partial charge is 0.343 e. The van der Waals surface area contributed by atoms with Crippen molar-refractivity contribution in [2.75, 3.05) is 92.6 Å². The third-order valence-electron chi connectivity index (χ3n) is 18.3. The number of hydrogen-bond acceptors (Lipinski definition) is 12. The van der Waals surface area contributed by atoms with Gasteiger partial charge in [0.05, 0.1) is 37.3 Å². The maximum atomic E-state index is 14.6. The molecular formula is C68H94N12O8. The summed E-state index contributed by atoms with van der Waals surface area (Å²) < 4.78 is 0. The second-order valence-electron chi connectivity index (χ2n) is 24.2. The lowest BCUT2D eigenvalue weighted by Gasteiger charge is -2.42. The highest BCUT2D eigenvalue weighted by Gasteiger charge is 2.41. The summed E-state index contributed by atoms with van der Waals surface area (Å²) in [5, 5.41) is 24.7. The van der Waals surface area contributed by atoms with E-state index in [0.717, 1.165) is 86.5 Å². The molecule has 2 saturated heterocycles. The SMILES string of the molecule is CN[C@@H](C)C(=O)N[C@H](C(=O)N1CCNC[C@@H]1CN(CCc1ccccc1)C(=O)CNC(=O)c1ccc(-c2ccc(C(=O)NCC(=O)N(CCc3ccccc3)C[C@@H]3CNCCN3C(=O)[C@@H](NC(=O)[C@H](C)NC)C3CCCCC3)cc2)cc1)C1CCCCC1. The Labute approximate surface area is 519 Å². The Balaban J connectivity index is 0.875.